The highest BCUT2D eigenvalue weighted by Crippen LogP contribution is 2.33. The van der Waals surface area contributed by atoms with Crippen LogP contribution in [-0.4, -0.2) is 58.0 Å². The van der Waals surface area contributed by atoms with Crippen LogP contribution in [-0.2, 0) is 26.2 Å². The summed E-state index contributed by atoms with van der Waals surface area (Å²) in [7, 11) is -1.48. The van der Waals surface area contributed by atoms with Crippen molar-refractivity contribution in [1.29, 1.82) is 0 Å². The minimum absolute atomic E-state index is 0.106. The number of amides is 2. The van der Waals surface area contributed by atoms with Gasteiger partial charge in [0.1, 0.15) is 12.6 Å². The lowest BCUT2D eigenvalue weighted by Crippen LogP contribution is -2.52. The topological polar surface area (TPSA) is 105 Å². The minimum atomic E-state index is -4.33. The van der Waals surface area contributed by atoms with E-state index in [1.165, 1.54) is 37.3 Å². The quantitative estimate of drug-likeness (QED) is 0.235. The summed E-state index contributed by atoms with van der Waals surface area (Å²) in [6, 6.07) is 13.3. The number of methoxy groups -OCH3 is 2. The number of aryl methyl sites for hydroxylation is 2. The molecule has 0 aliphatic carbocycles. The largest absolute Gasteiger partial charge is 0.493 e. The van der Waals surface area contributed by atoms with Crippen molar-refractivity contribution in [3.05, 3.63) is 81.3 Å². The normalized spacial score (nSPS) is 12.7. The van der Waals surface area contributed by atoms with Crippen molar-refractivity contribution in [1.82, 2.24) is 10.2 Å². The number of ether oxygens (including phenoxy) is 2. The van der Waals surface area contributed by atoms with E-state index in [9.17, 15) is 18.0 Å². The molecule has 0 aromatic heterocycles. The van der Waals surface area contributed by atoms with Crippen LogP contribution in [0.2, 0.25) is 10.0 Å². The SMILES string of the molecule is CC[C@@H](C)NC(=O)[C@@H](C)N(Cc1c(Cl)cccc1Cl)C(=O)CN(c1cc(C)cc(C)c1)S(=O)(=O)c1ccc(OC)c(OC)c1. The fourth-order valence-electron chi connectivity index (χ4n) is 4.63. The first-order valence-electron chi connectivity index (χ1n) is 14.1. The standard InChI is InChI=1S/C32H39Cl2N3O6S/c1-8-22(4)35-32(39)23(5)36(18-26-27(33)10-9-11-28(26)34)31(38)19-37(24-15-20(2)14-21(3)16-24)44(40,41)25-12-13-29(42-6)30(17-25)43-7/h9-17,22-23H,8,18-19H2,1-7H3,(H,35,39)/t22-,23-/m1/s1. The van der Waals surface area contributed by atoms with Gasteiger partial charge in [-0.05, 0) is 81.6 Å². The molecule has 9 nitrogen and oxygen atoms in total. The number of nitrogens with zero attached hydrogens (tertiary/aromatic N) is 2. The molecule has 0 saturated heterocycles. The Morgan fingerprint density at radius 2 is 1.50 bits per heavy atom. The van der Waals surface area contributed by atoms with Crippen LogP contribution in [0.25, 0.3) is 0 Å². The number of hydrogen-bond donors (Lipinski definition) is 1. The third kappa shape index (κ3) is 8.16. The molecular weight excluding hydrogens is 625 g/mol. The Hall–Kier alpha value is -3.47. The summed E-state index contributed by atoms with van der Waals surface area (Å²) >= 11 is 12.9. The fraction of sp³-hybridized carbons (Fsp3) is 0.375. The number of nitrogens with one attached hydrogen (secondary N) is 1. The zero-order valence-corrected chi connectivity index (χ0v) is 28.3. The number of halogens is 2. The first kappa shape index (κ1) is 35.0. The van der Waals surface area contributed by atoms with E-state index >= 15 is 0 Å². The van der Waals surface area contributed by atoms with Crippen molar-refractivity contribution < 1.29 is 27.5 Å². The van der Waals surface area contributed by atoms with Gasteiger partial charge >= 0.3 is 0 Å². The molecule has 0 aliphatic heterocycles. The molecule has 1 N–H and O–H groups in total. The zero-order valence-electron chi connectivity index (χ0n) is 26.0. The Balaban J connectivity index is 2.14. The predicted molar refractivity (Wildman–Crippen MR) is 174 cm³/mol. The minimum Gasteiger partial charge on any atom is -0.493 e. The molecule has 0 spiro atoms. The molecule has 0 fully saturated rings. The van der Waals surface area contributed by atoms with Gasteiger partial charge in [0.05, 0.1) is 24.8 Å². The second kappa shape index (κ2) is 15.0. The zero-order chi connectivity index (χ0) is 32.8. The van der Waals surface area contributed by atoms with Crippen LogP contribution in [0.15, 0.2) is 59.5 Å². The Kier molecular flexibility index (Phi) is 11.9. The van der Waals surface area contributed by atoms with E-state index in [0.717, 1.165) is 15.4 Å². The molecule has 2 atom stereocenters. The van der Waals surface area contributed by atoms with E-state index in [-0.39, 0.29) is 28.9 Å². The monoisotopic (exact) mass is 663 g/mol. The van der Waals surface area contributed by atoms with Crippen LogP contribution < -0.4 is 19.1 Å². The van der Waals surface area contributed by atoms with Crippen LogP contribution >= 0.6 is 23.2 Å². The van der Waals surface area contributed by atoms with Gasteiger partial charge in [-0.15, -0.1) is 0 Å². The van der Waals surface area contributed by atoms with Crippen LogP contribution in [0, 0.1) is 13.8 Å². The van der Waals surface area contributed by atoms with E-state index in [4.69, 9.17) is 32.7 Å². The van der Waals surface area contributed by atoms with Gasteiger partial charge in [0, 0.05) is 34.3 Å². The highest BCUT2D eigenvalue weighted by molar-refractivity contribution is 7.92. The molecule has 0 aliphatic rings. The number of benzene rings is 3. The number of anilines is 1. The van der Waals surface area contributed by atoms with Crippen molar-refractivity contribution in [3.63, 3.8) is 0 Å². The van der Waals surface area contributed by atoms with E-state index in [1.807, 2.05) is 33.8 Å². The third-order valence-corrected chi connectivity index (χ3v) is 9.75. The van der Waals surface area contributed by atoms with Crippen molar-refractivity contribution >= 4 is 50.7 Å². The van der Waals surface area contributed by atoms with Crippen molar-refractivity contribution in [2.24, 2.45) is 0 Å². The van der Waals surface area contributed by atoms with Crippen LogP contribution in [0.1, 0.15) is 43.9 Å². The van der Waals surface area contributed by atoms with Crippen molar-refractivity contribution in [3.8, 4) is 11.5 Å². The molecule has 0 heterocycles. The lowest BCUT2D eigenvalue weighted by Gasteiger charge is -2.33. The Bertz CT molecular complexity index is 1570. The van der Waals surface area contributed by atoms with Gasteiger partial charge in [-0.25, -0.2) is 8.42 Å². The average molecular weight is 665 g/mol. The van der Waals surface area contributed by atoms with Gasteiger partial charge in [0.15, 0.2) is 11.5 Å². The maximum atomic E-state index is 14.3. The first-order chi connectivity index (χ1) is 20.7. The maximum Gasteiger partial charge on any atom is 0.264 e. The Morgan fingerprint density at radius 1 is 0.909 bits per heavy atom. The fourth-order valence-corrected chi connectivity index (χ4v) is 6.56. The highest BCUT2D eigenvalue weighted by atomic mass is 35.5. The third-order valence-electron chi connectivity index (χ3n) is 7.27. The summed E-state index contributed by atoms with van der Waals surface area (Å²) in [5.74, 6) is -0.456. The van der Waals surface area contributed by atoms with Gasteiger partial charge in [-0.3, -0.25) is 13.9 Å². The first-order valence-corrected chi connectivity index (χ1v) is 16.3. The summed E-state index contributed by atoms with van der Waals surface area (Å²) in [5.41, 5.74) is 2.34. The smallest absolute Gasteiger partial charge is 0.264 e. The van der Waals surface area contributed by atoms with E-state index < -0.39 is 34.4 Å². The molecule has 3 aromatic carbocycles. The summed E-state index contributed by atoms with van der Waals surface area (Å²) in [6.07, 6.45) is 0.687. The number of hydrogen-bond acceptors (Lipinski definition) is 6. The highest BCUT2D eigenvalue weighted by Gasteiger charge is 2.34. The molecule has 238 valence electrons. The Labute approximate surface area is 270 Å². The van der Waals surface area contributed by atoms with Crippen LogP contribution in [0.5, 0.6) is 11.5 Å². The molecule has 0 saturated carbocycles. The van der Waals surface area contributed by atoms with E-state index in [1.54, 1.807) is 37.3 Å². The second-order valence-corrected chi connectivity index (χ2v) is 13.3. The van der Waals surface area contributed by atoms with E-state index in [0.29, 0.717) is 27.8 Å². The second-order valence-electron chi connectivity index (χ2n) is 10.6. The molecule has 12 heteroatoms. The maximum absolute atomic E-state index is 14.3. The summed E-state index contributed by atoms with van der Waals surface area (Å²) < 4.78 is 40.2. The van der Waals surface area contributed by atoms with Gasteiger partial charge < -0.3 is 19.7 Å². The number of carbonyl (C=O) groups excluding carboxylic acids is 2. The molecule has 0 bridgehead atoms. The van der Waals surface area contributed by atoms with Gasteiger partial charge in [0.25, 0.3) is 10.0 Å². The molecular formula is C32H39Cl2N3O6S. The molecule has 3 rings (SSSR count). The number of carbonyl (C=O) groups is 2. The summed E-state index contributed by atoms with van der Waals surface area (Å²) in [4.78, 5) is 28.7. The summed E-state index contributed by atoms with van der Waals surface area (Å²) in [6.45, 7) is 8.33. The number of sulfonamides is 1. The lowest BCUT2D eigenvalue weighted by atomic mass is 10.1. The predicted octanol–water partition coefficient (Wildman–Crippen LogP) is 6.15. The van der Waals surface area contributed by atoms with E-state index in [2.05, 4.69) is 5.32 Å². The molecule has 2 amide bonds. The van der Waals surface area contributed by atoms with Crippen LogP contribution in [0.4, 0.5) is 5.69 Å². The lowest BCUT2D eigenvalue weighted by molar-refractivity contribution is -0.139. The molecule has 0 radical (unpaired) electrons. The molecule has 3 aromatic rings. The van der Waals surface area contributed by atoms with Gasteiger partial charge in [-0.1, -0.05) is 42.3 Å². The van der Waals surface area contributed by atoms with Crippen molar-refractivity contribution in [2.75, 3.05) is 25.1 Å². The average Bonchev–Trinajstić information content (AvgIpc) is 2.98. The van der Waals surface area contributed by atoms with Gasteiger partial charge in [0.2, 0.25) is 11.8 Å². The van der Waals surface area contributed by atoms with Crippen LogP contribution in [0.3, 0.4) is 0 Å². The Morgan fingerprint density at radius 3 is 2.05 bits per heavy atom. The van der Waals surface area contributed by atoms with Crippen molar-refractivity contribution in [2.45, 2.75) is 64.6 Å². The summed E-state index contributed by atoms with van der Waals surface area (Å²) in [5, 5.41) is 3.53. The molecule has 44 heavy (non-hydrogen) atoms. The molecule has 0 unspecified atom stereocenters. The van der Waals surface area contributed by atoms with Gasteiger partial charge in [-0.2, -0.15) is 0 Å². The number of rotatable bonds is 13.